The number of piperidine rings is 1. The highest BCUT2D eigenvalue weighted by atomic mass is 79.9. The van der Waals surface area contributed by atoms with Gasteiger partial charge in [-0.1, -0.05) is 39.7 Å². The van der Waals surface area contributed by atoms with E-state index >= 15 is 0 Å². The van der Waals surface area contributed by atoms with Gasteiger partial charge in [0.25, 0.3) is 0 Å². The molecule has 0 bridgehead atoms. The van der Waals surface area contributed by atoms with Crippen LogP contribution in [0.4, 0.5) is 0 Å². The number of ether oxygens (including phenoxy) is 1. The van der Waals surface area contributed by atoms with E-state index in [0.717, 1.165) is 31.3 Å². The highest BCUT2D eigenvalue weighted by Gasteiger charge is 2.21. The van der Waals surface area contributed by atoms with E-state index in [0.29, 0.717) is 0 Å². The summed E-state index contributed by atoms with van der Waals surface area (Å²) in [4.78, 5) is 7.93. The molecule has 2 heterocycles. The van der Waals surface area contributed by atoms with E-state index in [2.05, 4.69) is 74.8 Å². The second kappa shape index (κ2) is 12.5. The summed E-state index contributed by atoms with van der Waals surface area (Å²) < 4.78 is 6.57. The Labute approximate surface area is 215 Å². The molecule has 2 saturated heterocycles. The summed E-state index contributed by atoms with van der Waals surface area (Å²) in [5, 5.41) is 0. The van der Waals surface area contributed by atoms with Crippen molar-refractivity contribution in [3.8, 4) is 5.75 Å². The van der Waals surface area contributed by atoms with Crippen LogP contribution < -0.4 is 4.74 Å². The van der Waals surface area contributed by atoms with E-state index in [1.54, 1.807) is 12.7 Å². The van der Waals surface area contributed by atoms with E-state index in [-0.39, 0.29) is 0 Å². The summed E-state index contributed by atoms with van der Waals surface area (Å²) in [6.45, 7) is 15.2. The summed E-state index contributed by atoms with van der Waals surface area (Å²) in [7, 11) is 1.74. The first-order valence-electron chi connectivity index (χ1n) is 13.1. The summed E-state index contributed by atoms with van der Waals surface area (Å²) in [5.41, 5.74) is 5.74. The number of methoxy groups -OCH3 is 1. The van der Waals surface area contributed by atoms with Crippen LogP contribution in [0.2, 0.25) is 0 Å². The summed E-state index contributed by atoms with van der Waals surface area (Å²) in [6.07, 6.45) is 5.26. The lowest BCUT2D eigenvalue weighted by atomic mass is 9.88. The van der Waals surface area contributed by atoms with Gasteiger partial charge in [0.2, 0.25) is 0 Å². The minimum atomic E-state index is 0.856. The number of benzene rings is 2. The molecule has 2 fully saturated rings. The lowest BCUT2D eigenvalue weighted by molar-refractivity contribution is 0.117. The zero-order chi connectivity index (χ0) is 23.9. The maximum Gasteiger partial charge on any atom is 0.119 e. The highest BCUT2D eigenvalue weighted by Crippen LogP contribution is 2.25. The molecular formula is C29H42BrN3O. The second-order valence-electron chi connectivity index (χ2n) is 10.3. The minimum absolute atomic E-state index is 0.856. The first-order chi connectivity index (χ1) is 16.5. The largest absolute Gasteiger partial charge is 0.497 e. The molecule has 5 heteroatoms. The Morgan fingerprint density at radius 2 is 1.50 bits per heavy atom. The van der Waals surface area contributed by atoms with Gasteiger partial charge in [-0.25, -0.2) is 0 Å². The van der Waals surface area contributed by atoms with Crippen molar-refractivity contribution in [1.82, 2.24) is 14.7 Å². The van der Waals surface area contributed by atoms with Crippen LogP contribution in [0.25, 0.3) is 0 Å². The van der Waals surface area contributed by atoms with Gasteiger partial charge in [-0.05, 0) is 107 Å². The van der Waals surface area contributed by atoms with Crippen LogP contribution in [0.5, 0.6) is 5.75 Å². The normalized spacial score (nSPS) is 18.9. The molecular weight excluding hydrogens is 486 g/mol. The molecule has 0 aromatic heterocycles. The van der Waals surface area contributed by atoms with Gasteiger partial charge < -0.3 is 14.5 Å². The Morgan fingerprint density at radius 3 is 2.21 bits per heavy atom. The zero-order valence-corrected chi connectivity index (χ0v) is 22.9. The fraction of sp³-hybridized carbons (Fsp3) is 0.586. The van der Waals surface area contributed by atoms with Crippen molar-refractivity contribution in [2.24, 2.45) is 5.92 Å². The van der Waals surface area contributed by atoms with Crippen molar-refractivity contribution < 1.29 is 4.74 Å². The Morgan fingerprint density at radius 1 is 0.824 bits per heavy atom. The van der Waals surface area contributed by atoms with Crippen LogP contribution >= 0.6 is 15.9 Å². The standard InChI is InChI=1S/C29H42BrN3O/c1-23-5-6-24(2)26(19-23)20-25-9-13-31(14-10-25)11-4-12-32-15-17-33(18-16-32)22-27-21-28(34-3)7-8-29(27)30/h5-8,19,21,25H,4,9-18,20,22H2,1-3H3. The molecule has 2 aromatic carbocycles. The molecule has 2 aromatic rings. The molecule has 186 valence electrons. The van der Waals surface area contributed by atoms with Crippen LogP contribution in [-0.2, 0) is 13.0 Å². The fourth-order valence-electron chi connectivity index (χ4n) is 5.47. The molecule has 0 saturated carbocycles. The fourth-order valence-corrected chi connectivity index (χ4v) is 5.85. The number of hydrogen-bond acceptors (Lipinski definition) is 4. The average molecular weight is 529 g/mol. The lowest BCUT2D eigenvalue weighted by Gasteiger charge is -2.36. The molecule has 0 atom stereocenters. The van der Waals surface area contributed by atoms with Crippen LogP contribution in [0.3, 0.4) is 0 Å². The molecule has 4 rings (SSSR count). The van der Waals surface area contributed by atoms with Gasteiger partial charge in [0, 0.05) is 37.2 Å². The molecule has 0 aliphatic carbocycles. The van der Waals surface area contributed by atoms with Crippen molar-refractivity contribution >= 4 is 15.9 Å². The maximum atomic E-state index is 5.40. The molecule has 2 aliphatic rings. The van der Waals surface area contributed by atoms with E-state index in [1.807, 2.05) is 6.07 Å². The maximum absolute atomic E-state index is 5.40. The summed E-state index contributed by atoms with van der Waals surface area (Å²) in [6, 6.07) is 13.2. The third-order valence-electron chi connectivity index (χ3n) is 7.78. The Kier molecular flexibility index (Phi) is 9.46. The molecule has 0 unspecified atom stereocenters. The Balaban J connectivity index is 1.11. The van der Waals surface area contributed by atoms with Crippen molar-refractivity contribution in [2.45, 2.75) is 46.1 Å². The predicted octanol–water partition coefficient (Wildman–Crippen LogP) is 5.54. The molecule has 0 spiro atoms. The number of halogens is 1. The number of rotatable bonds is 9. The zero-order valence-electron chi connectivity index (χ0n) is 21.4. The minimum Gasteiger partial charge on any atom is -0.497 e. The SMILES string of the molecule is COc1ccc(Br)c(CN2CCN(CCCN3CCC(Cc4cc(C)ccc4C)CC3)CC2)c1. The monoisotopic (exact) mass is 527 g/mol. The first-order valence-corrected chi connectivity index (χ1v) is 13.8. The van der Waals surface area contributed by atoms with Crippen LogP contribution in [0.15, 0.2) is 40.9 Å². The number of piperazine rings is 1. The highest BCUT2D eigenvalue weighted by molar-refractivity contribution is 9.10. The van der Waals surface area contributed by atoms with Gasteiger partial charge in [-0.15, -0.1) is 0 Å². The first kappa shape index (κ1) is 25.7. The molecule has 0 N–H and O–H groups in total. The van der Waals surface area contributed by atoms with Crippen LogP contribution in [0, 0.1) is 19.8 Å². The molecule has 34 heavy (non-hydrogen) atoms. The topological polar surface area (TPSA) is 19.0 Å². The van der Waals surface area contributed by atoms with Gasteiger partial charge in [0.1, 0.15) is 5.75 Å². The summed E-state index contributed by atoms with van der Waals surface area (Å²) in [5.74, 6) is 1.79. The van der Waals surface area contributed by atoms with Crippen molar-refractivity contribution in [3.63, 3.8) is 0 Å². The Bertz CT molecular complexity index is 918. The second-order valence-corrected chi connectivity index (χ2v) is 11.2. The molecule has 0 amide bonds. The number of hydrogen-bond donors (Lipinski definition) is 0. The van der Waals surface area contributed by atoms with Crippen molar-refractivity contribution in [2.75, 3.05) is 59.5 Å². The predicted molar refractivity (Wildman–Crippen MR) is 146 cm³/mol. The third kappa shape index (κ3) is 7.30. The molecule has 4 nitrogen and oxygen atoms in total. The van der Waals surface area contributed by atoms with E-state index in [1.165, 1.54) is 86.1 Å². The third-order valence-corrected chi connectivity index (χ3v) is 8.55. The number of aryl methyl sites for hydroxylation is 2. The number of likely N-dealkylation sites (tertiary alicyclic amines) is 1. The van der Waals surface area contributed by atoms with E-state index in [9.17, 15) is 0 Å². The quantitative estimate of drug-likeness (QED) is 0.426. The lowest BCUT2D eigenvalue weighted by Crippen LogP contribution is -2.46. The van der Waals surface area contributed by atoms with Crippen molar-refractivity contribution in [3.05, 3.63) is 63.1 Å². The van der Waals surface area contributed by atoms with Gasteiger partial charge in [-0.2, -0.15) is 0 Å². The Hall–Kier alpha value is -1.40. The van der Waals surface area contributed by atoms with Gasteiger partial charge >= 0.3 is 0 Å². The molecule has 2 aliphatic heterocycles. The molecule has 0 radical (unpaired) electrons. The van der Waals surface area contributed by atoms with Gasteiger partial charge in [0.05, 0.1) is 7.11 Å². The van der Waals surface area contributed by atoms with Crippen LogP contribution in [-0.4, -0.2) is 74.2 Å². The summed E-state index contributed by atoms with van der Waals surface area (Å²) >= 11 is 3.70. The van der Waals surface area contributed by atoms with E-state index in [4.69, 9.17) is 4.74 Å². The van der Waals surface area contributed by atoms with E-state index < -0.39 is 0 Å². The number of nitrogens with zero attached hydrogens (tertiary/aromatic N) is 3. The van der Waals surface area contributed by atoms with Crippen LogP contribution in [0.1, 0.15) is 41.5 Å². The smallest absolute Gasteiger partial charge is 0.119 e. The average Bonchev–Trinajstić information content (AvgIpc) is 2.85. The van der Waals surface area contributed by atoms with Gasteiger partial charge in [-0.3, -0.25) is 4.90 Å². The van der Waals surface area contributed by atoms with Crippen molar-refractivity contribution in [1.29, 1.82) is 0 Å². The van der Waals surface area contributed by atoms with Gasteiger partial charge in [0.15, 0.2) is 0 Å².